The molecular formula is C23H22O4. The summed E-state index contributed by atoms with van der Waals surface area (Å²) in [5.74, 6) is -0.724. The van der Waals surface area contributed by atoms with E-state index in [1.165, 1.54) is 7.11 Å². The standard InChI is InChI=1S/C23H22O4/c1-26-22(25)21(24)17-27-23(18-11-5-2-6-12-18,19-13-7-3-8-14-19)20-15-9-4-10-16-20/h2-16,21,24H,17H2,1H3/t21-/m1/s1. The molecule has 27 heavy (non-hydrogen) atoms. The summed E-state index contributed by atoms with van der Waals surface area (Å²) in [6.07, 6.45) is -1.37. The first-order chi connectivity index (χ1) is 13.2. The van der Waals surface area contributed by atoms with Crippen LogP contribution in [0.5, 0.6) is 0 Å². The molecule has 0 aliphatic rings. The van der Waals surface area contributed by atoms with Gasteiger partial charge in [0.25, 0.3) is 0 Å². The van der Waals surface area contributed by atoms with Crippen LogP contribution < -0.4 is 0 Å². The number of methoxy groups -OCH3 is 1. The van der Waals surface area contributed by atoms with Crippen molar-refractivity contribution in [3.63, 3.8) is 0 Å². The SMILES string of the molecule is COC(=O)[C@H](O)COC(c1ccccc1)(c1ccccc1)c1ccccc1. The van der Waals surface area contributed by atoms with Gasteiger partial charge < -0.3 is 14.6 Å². The van der Waals surface area contributed by atoms with E-state index in [1.807, 2.05) is 91.0 Å². The van der Waals surface area contributed by atoms with Crippen molar-refractivity contribution in [3.05, 3.63) is 108 Å². The summed E-state index contributed by atoms with van der Waals surface area (Å²) in [4.78, 5) is 11.7. The fourth-order valence-corrected chi connectivity index (χ4v) is 3.18. The van der Waals surface area contributed by atoms with Crippen molar-refractivity contribution in [1.29, 1.82) is 0 Å². The molecule has 0 radical (unpaired) electrons. The van der Waals surface area contributed by atoms with E-state index in [0.29, 0.717) is 0 Å². The Morgan fingerprint density at radius 2 is 1.19 bits per heavy atom. The van der Waals surface area contributed by atoms with Crippen LogP contribution in [0, 0.1) is 0 Å². The van der Waals surface area contributed by atoms with E-state index < -0.39 is 17.7 Å². The first-order valence-corrected chi connectivity index (χ1v) is 8.75. The highest BCUT2D eigenvalue weighted by Crippen LogP contribution is 2.40. The summed E-state index contributed by atoms with van der Waals surface area (Å²) in [5.41, 5.74) is 1.73. The van der Waals surface area contributed by atoms with Gasteiger partial charge in [-0.2, -0.15) is 0 Å². The number of rotatable bonds is 7. The fourth-order valence-electron chi connectivity index (χ4n) is 3.18. The Bertz CT molecular complexity index is 751. The smallest absolute Gasteiger partial charge is 0.337 e. The third-order valence-electron chi connectivity index (χ3n) is 4.47. The number of esters is 1. The molecule has 3 aromatic carbocycles. The summed E-state index contributed by atoms with van der Waals surface area (Å²) in [7, 11) is 1.24. The van der Waals surface area contributed by atoms with Gasteiger partial charge in [-0.25, -0.2) is 4.79 Å². The summed E-state index contributed by atoms with van der Waals surface area (Å²) in [5, 5.41) is 10.1. The molecule has 0 fully saturated rings. The summed E-state index contributed by atoms with van der Waals surface area (Å²) >= 11 is 0. The Hall–Kier alpha value is -2.95. The second-order valence-corrected chi connectivity index (χ2v) is 6.13. The summed E-state index contributed by atoms with van der Waals surface area (Å²) in [6.45, 7) is -0.203. The molecule has 0 amide bonds. The fraction of sp³-hybridized carbons (Fsp3) is 0.174. The van der Waals surface area contributed by atoms with E-state index in [9.17, 15) is 9.90 Å². The Morgan fingerprint density at radius 1 is 0.815 bits per heavy atom. The van der Waals surface area contributed by atoms with E-state index in [1.54, 1.807) is 0 Å². The van der Waals surface area contributed by atoms with E-state index in [-0.39, 0.29) is 6.61 Å². The minimum absolute atomic E-state index is 0.203. The second-order valence-electron chi connectivity index (χ2n) is 6.13. The van der Waals surface area contributed by atoms with E-state index in [4.69, 9.17) is 4.74 Å². The van der Waals surface area contributed by atoms with Crippen LogP contribution >= 0.6 is 0 Å². The number of hydrogen-bond donors (Lipinski definition) is 1. The Labute approximate surface area is 159 Å². The van der Waals surface area contributed by atoms with E-state index in [2.05, 4.69) is 4.74 Å². The van der Waals surface area contributed by atoms with Crippen LogP contribution in [0.2, 0.25) is 0 Å². The average Bonchev–Trinajstić information content (AvgIpc) is 2.75. The lowest BCUT2D eigenvalue weighted by Crippen LogP contribution is -2.38. The largest absolute Gasteiger partial charge is 0.467 e. The second kappa shape index (κ2) is 8.62. The molecule has 0 aliphatic heterocycles. The van der Waals surface area contributed by atoms with Gasteiger partial charge in [-0.3, -0.25) is 0 Å². The number of aliphatic hydroxyl groups is 1. The van der Waals surface area contributed by atoms with Crippen LogP contribution in [0.15, 0.2) is 91.0 Å². The number of aliphatic hydroxyl groups excluding tert-OH is 1. The van der Waals surface area contributed by atoms with Gasteiger partial charge in [0, 0.05) is 0 Å². The predicted molar refractivity (Wildman–Crippen MR) is 103 cm³/mol. The van der Waals surface area contributed by atoms with Crippen molar-refractivity contribution in [1.82, 2.24) is 0 Å². The molecule has 0 aromatic heterocycles. The van der Waals surface area contributed by atoms with Crippen molar-refractivity contribution in [2.45, 2.75) is 11.7 Å². The van der Waals surface area contributed by atoms with Crippen molar-refractivity contribution >= 4 is 5.97 Å². The lowest BCUT2D eigenvalue weighted by atomic mass is 9.80. The number of carbonyl (C=O) groups is 1. The van der Waals surface area contributed by atoms with Crippen LogP contribution in [0.25, 0.3) is 0 Å². The molecule has 0 unspecified atom stereocenters. The third-order valence-corrected chi connectivity index (χ3v) is 4.47. The zero-order valence-electron chi connectivity index (χ0n) is 15.1. The maximum Gasteiger partial charge on any atom is 0.337 e. The van der Waals surface area contributed by atoms with Crippen molar-refractivity contribution in [2.24, 2.45) is 0 Å². The summed E-state index contributed by atoms with van der Waals surface area (Å²) < 4.78 is 10.9. The molecule has 4 nitrogen and oxygen atoms in total. The van der Waals surface area contributed by atoms with Crippen molar-refractivity contribution < 1.29 is 19.4 Å². The monoisotopic (exact) mass is 362 g/mol. The van der Waals surface area contributed by atoms with Crippen molar-refractivity contribution in [3.8, 4) is 0 Å². The molecule has 3 rings (SSSR count). The maximum absolute atomic E-state index is 11.7. The molecule has 4 heteroatoms. The highest BCUT2D eigenvalue weighted by atomic mass is 16.6. The minimum atomic E-state index is -1.37. The van der Waals surface area contributed by atoms with Crippen molar-refractivity contribution in [2.75, 3.05) is 13.7 Å². The molecule has 0 aliphatic carbocycles. The molecule has 0 heterocycles. The molecule has 0 saturated carbocycles. The van der Waals surface area contributed by atoms with E-state index >= 15 is 0 Å². The lowest BCUT2D eigenvalue weighted by Gasteiger charge is -2.36. The molecule has 1 atom stereocenters. The lowest BCUT2D eigenvalue weighted by molar-refractivity contribution is -0.156. The van der Waals surface area contributed by atoms with Gasteiger partial charge >= 0.3 is 5.97 Å². The van der Waals surface area contributed by atoms with Gasteiger partial charge in [0.2, 0.25) is 0 Å². The number of hydrogen-bond acceptors (Lipinski definition) is 4. The Morgan fingerprint density at radius 3 is 1.52 bits per heavy atom. The number of carbonyl (C=O) groups excluding carboxylic acids is 1. The van der Waals surface area contributed by atoms with E-state index in [0.717, 1.165) is 16.7 Å². The van der Waals surface area contributed by atoms with Crippen LogP contribution in [0.1, 0.15) is 16.7 Å². The topological polar surface area (TPSA) is 55.8 Å². The van der Waals surface area contributed by atoms with Gasteiger partial charge in [0.1, 0.15) is 5.60 Å². The number of benzene rings is 3. The molecule has 1 N–H and O–H groups in total. The van der Waals surface area contributed by atoms with Crippen LogP contribution in [0.3, 0.4) is 0 Å². The van der Waals surface area contributed by atoms with Gasteiger partial charge in [-0.15, -0.1) is 0 Å². The predicted octanol–water partition coefficient (Wildman–Crippen LogP) is 3.53. The normalized spacial score (nSPS) is 12.4. The van der Waals surface area contributed by atoms with Crippen LogP contribution in [-0.4, -0.2) is 30.9 Å². The average molecular weight is 362 g/mol. The van der Waals surface area contributed by atoms with Gasteiger partial charge in [0.05, 0.1) is 13.7 Å². The van der Waals surface area contributed by atoms with Crippen LogP contribution in [0.4, 0.5) is 0 Å². The van der Waals surface area contributed by atoms with Crippen LogP contribution in [-0.2, 0) is 19.9 Å². The zero-order valence-corrected chi connectivity index (χ0v) is 15.1. The Balaban J connectivity index is 2.15. The third kappa shape index (κ3) is 3.92. The zero-order chi connectivity index (χ0) is 19.1. The maximum atomic E-state index is 11.7. The minimum Gasteiger partial charge on any atom is -0.467 e. The molecule has 0 saturated heterocycles. The molecule has 0 bridgehead atoms. The first kappa shape index (κ1) is 18.8. The summed E-state index contributed by atoms with van der Waals surface area (Å²) in [6, 6.07) is 29.3. The molecule has 0 spiro atoms. The highest BCUT2D eigenvalue weighted by molar-refractivity contribution is 5.74. The molecular weight excluding hydrogens is 340 g/mol. The van der Waals surface area contributed by atoms with Gasteiger partial charge in [-0.1, -0.05) is 91.0 Å². The first-order valence-electron chi connectivity index (χ1n) is 8.75. The van der Waals surface area contributed by atoms with Gasteiger partial charge in [0.15, 0.2) is 6.10 Å². The Kier molecular flexibility index (Phi) is 6.01. The highest BCUT2D eigenvalue weighted by Gasteiger charge is 2.38. The quantitative estimate of drug-likeness (QED) is 0.516. The number of ether oxygens (including phenoxy) is 2. The van der Waals surface area contributed by atoms with Gasteiger partial charge in [-0.05, 0) is 16.7 Å². The molecule has 138 valence electrons. The molecule has 3 aromatic rings.